The van der Waals surface area contributed by atoms with E-state index in [0.717, 1.165) is 6.08 Å². The van der Waals surface area contributed by atoms with Crippen molar-refractivity contribution in [1.29, 1.82) is 5.26 Å². The summed E-state index contributed by atoms with van der Waals surface area (Å²) in [5.41, 5.74) is 6.12. The molecule has 1 aromatic rings. The van der Waals surface area contributed by atoms with Gasteiger partial charge in [-0.2, -0.15) is 5.26 Å². The summed E-state index contributed by atoms with van der Waals surface area (Å²) in [5.74, 6) is -0.0310. The maximum atomic E-state index is 9.37. The predicted octanol–water partition coefficient (Wildman–Crippen LogP) is 1.87. The van der Waals surface area contributed by atoms with E-state index in [4.69, 9.17) is 22.6 Å². The van der Waals surface area contributed by atoms with Gasteiger partial charge in [0.15, 0.2) is 0 Å². The number of nitriles is 1. The summed E-state index contributed by atoms with van der Waals surface area (Å²) in [4.78, 5) is 0. The van der Waals surface area contributed by atoms with Crippen molar-refractivity contribution in [2.75, 3.05) is 0 Å². The molecule has 66 valence electrons. The number of aromatic hydroxyl groups is 1. The van der Waals surface area contributed by atoms with Gasteiger partial charge in [-0.1, -0.05) is 11.6 Å². The number of nitrogens with zero attached hydrogens (tertiary/aromatic N) is 1. The molecule has 0 saturated heterocycles. The highest BCUT2D eigenvalue weighted by atomic mass is 35.5. The lowest BCUT2D eigenvalue weighted by atomic mass is 10.1. The van der Waals surface area contributed by atoms with E-state index in [1.165, 1.54) is 6.07 Å². The van der Waals surface area contributed by atoms with Crippen molar-refractivity contribution < 1.29 is 5.11 Å². The Morgan fingerprint density at radius 2 is 2.31 bits per heavy atom. The summed E-state index contributed by atoms with van der Waals surface area (Å²) < 4.78 is 0. The summed E-state index contributed by atoms with van der Waals surface area (Å²) in [5, 5.41) is 18.1. The molecule has 0 aromatic heterocycles. The maximum Gasteiger partial charge on any atom is 0.126 e. The maximum absolute atomic E-state index is 9.37. The first-order valence-electron chi connectivity index (χ1n) is 3.49. The molecule has 4 heteroatoms. The van der Waals surface area contributed by atoms with Crippen LogP contribution in [0.2, 0.25) is 5.02 Å². The van der Waals surface area contributed by atoms with Gasteiger partial charge in [-0.15, -0.1) is 0 Å². The first-order valence-corrected chi connectivity index (χ1v) is 3.87. The molecule has 1 aromatic carbocycles. The molecule has 0 amide bonds. The van der Waals surface area contributed by atoms with Crippen molar-refractivity contribution in [3.05, 3.63) is 34.9 Å². The van der Waals surface area contributed by atoms with Crippen LogP contribution in [0.4, 0.5) is 0 Å². The lowest BCUT2D eigenvalue weighted by Crippen LogP contribution is -1.95. The van der Waals surface area contributed by atoms with Crippen LogP contribution >= 0.6 is 11.6 Å². The minimum Gasteiger partial charge on any atom is -0.507 e. The van der Waals surface area contributed by atoms with Gasteiger partial charge < -0.3 is 10.8 Å². The standard InChI is InChI=1S/C9H7ClN2O/c10-6-1-2-7(9(13)5-6)8(12)3-4-11/h1-3,5,13H,12H2/b8-3-. The Balaban J connectivity index is 3.18. The second-order valence-corrected chi connectivity index (χ2v) is 2.83. The van der Waals surface area contributed by atoms with Crippen LogP contribution in [0.25, 0.3) is 5.70 Å². The highest BCUT2D eigenvalue weighted by molar-refractivity contribution is 6.30. The molecule has 13 heavy (non-hydrogen) atoms. The third-order valence-corrected chi connectivity index (χ3v) is 1.73. The van der Waals surface area contributed by atoms with Gasteiger partial charge in [0, 0.05) is 16.7 Å². The van der Waals surface area contributed by atoms with Crippen LogP contribution in [-0.4, -0.2) is 5.11 Å². The van der Waals surface area contributed by atoms with E-state index in [9.17, 15) is 5.11 Å². The van der Waals surface area contributed by atoms with Gasteiger partial charge in [0.2, 0.25) is 0 Å². The van der Waals surface area contributed by atoms with E-state index < -0.39 is 0 Å². The molecule has 0 aliphatic carbocycles. The van der Waals surface area contributed by atoms with Crippen LogP contribution < -0.4 is 5.73 Å². The fourth-order valence-electron chi connectivity index (χ4n) is 0.896. The number of hydrogen-bond donors (Lipinski definition) is 2. The number of rotatable bonds is 1. The van der Waals surface area contributed by atoms with Crippen LogP contribution in [0.3, 0.4) is 0 Å². The predicted molar refractivity (Wildman–Crippen MR) is 50.9 cm³/mol. The highest BCUT2D eigenvalue weighted by Gasteiger charge is 2.03. The number of hydrogen-bond acceptors (Lipinski definition) is 3. The molecule has 0 bridgehead atoms. The van der Waals surface area contributed by atoms with E-state index in [2.05, 4.69) is 0 Å². The Morgan fingerprint density at radius 1 is 1.62 bits per heavy atom. The summed E-state index contributed by atoms with van der Waals surface area (Å²) in [6.45, 7) is 0. The lowest BCUT2D eigenvalue weighted by Gasteiger charge is -2.03. The number of benzene rings is 1. The molecule has 0 spiro atoms. The first-order chi connectivity index (χ1) is 6.15. The molecule has 0 aliphatic rings. The Kier molecular flexibility index (Phi) is 2.78. The Labute approximate surface area is 80.7 Å². The van der Waals surface area contributed by atoms with Crippen molar-refractivity contribution in [2.45, 2.75) is 0 Å². The van der Waals surface area contributed by atoms with Crippen LogP contribution in [0, 0.1) is 11.3 Å². The van der Waals surface area contributed by atoms with E-state index in [-0.39, 0.29) is 11.4 Å². The number of halogens is 1. The van der Waals surface area contributed by atoms with E-state index in [1.54, 1.807) is 18.2 Å². The molecular weight excluding hydrogens is 188 g/mol. The van der Waals surface area contributed by atoms with Gasteiger partial charge in [-0.25, -0.2) is 0 Å². The van der Waals surface area contributed by atoms with Crippen molar-refractivity contribution in [2.24, 2.45) is 5.73 Å². The van der Waals surface area contributed by atoms with E-state index >= 15 is 0 Å². The molecule has 0 saturated carbocycles. The second-order valence-electron chi connectivity index (χ2n) is 2.39. The normalized spacial score (nSPS) is 10.9. The summed E-state index contributed by atoms with van der Waals surface area (Å²) >= 11 is 5.61. The highest BCUT2D eigenvalue weighted by Crippen LogP contribution is 2.25. The number of phenolic OH excluding ortho intramolecular Hbond substituents is 1. The van der Waals surface area contributed by atoms with Gasteiger partial charge >= 0.3 is 0 Å². The van der Waals surface area contributed by atoms with E-state index in [0.29, 0.717) is 10.6 Å². The molecule has 1 rings (SSSR count). The minimum atomic E-state index is -0.0310. The van der Waals surface area contributed by atoms with Crippen molar-refractivity contribution in [3.63, 3.8) is 0 Å². The van der Waals surface area contributed by atoms with Crippen molar-refractivity contribution in [1.82, 2.24) is 0 Å². The average Bonchev–Trinajstić information content (AvgIpc) is 2.04. The summed E-state index contributed by atoms with van der Waals surface area (Å²) in [7, 11) is 0. The van der Waals surface area contributed by atoms with Gasteiger partial charge in [0.25, 0.3) is 0 Å². The molecule has 3 nitrogen and oxygen atoms in total. The van der Waals surface area contributed by atoms with Crippen LogP contribution in [-0.2, 0) is 0 Å². The molecule has 3 N–H and O–H groups in total. The first kappa shape index (κ1) is 9.43. The average molecular weight is 195 g/mol. The number of allylic oxidation sites excluding steroid dienone is 1. The van der Waals surface area contributed by atoms with Crippen molar-refractivity contribution >= 4 is 17.3 Å². The largest absolute Gasteiger partial charge is 0.507 e. The Morgan fingerprint density at radius 3 is 2.85 bits per heavy atom. The molecular formula is C9H7ClN2O. The van der Waals surface area contributed by atoms with Gasteiger partial charge in [0.05, 0.1) is 11.8 Å². The summed E-state index contributed by atoms with van der Waals surface area (Å²) in [6, 6.07) is 6.29. The molecule has 0 aliphatic heterocycles. The van der Waals surface area contributed by atoms with Gasteiger partial charge in [-0.05, 0) is 18.2 Å². The van der Waals surface area contributed by atoms with E-state index in [1.807, 2.05) is 0 Å². The SMILES string of the molecule is N#C/C=C(\N)c1ccc(Cl)cc1O. The van der Waals surface area contributed by atoms with Gasteiger partial charge in [-0.3, -0.25) is 0 Å². The number of nitrogens with two attached hydrogens (primary N) is 1. The van der Waals surface area contributed by atoms with Crippen LogP contribution in [0.1, 0.15) is 5.56 Å². The fraction of sp³-hybridized carbons (Fsp3) is 0. The Bertz CT molecular complexity index is 393. The smallest absolute Gasteiger partial charge is 0.126 e. The van der Waals surface area contributed by atoms with Crippen LogP contribution in [0.15, 0.2) is 24.3 Å². The fourth-order valence-corrected chi connectivity index (χ4v) is 1.06. The second kappa shape index (κ2) is 3.83. The zero-order chi connectivity index (χ0) is 9.84. The molecule has 0 radical (unpaired) electrons. The lowest BCUT2D eigenvalue weighted by molar-refractivity contribution is 0.473. The molecule has 0 heterocycles. The topological polar surface area (TPSA) is 70.0 Å². The minimum absolute atomic E-state index is 0.0310. The Hall–Kier alpha value is -1.66. The zero-order valence-electron chi connectivity index (χ0n) is 6.66. The monoisotopic (exact) mass is 194 g/mol. The zero-order valence-corrected chi connectivity index (χ0v) is 7.42. The summed E-state index contributed by atoms with van der Waals surface area (Å²) in [6.07, 6.45) is 1.16. The molecule has 0 atom stereocenters. The molecule has 0 unspecified atom stereocenters. The third-order valence-electron chi connectivity index (χ3n) is 1.49. The van der Waals surface area contributed by atoms with Gasteiger partial charge in [0.1, 0.15) is 5.75 Å². The quantitative estimate of drug-likeness (QED) is 0.671. The number of phenols is 1. The van der Waals surface area contributed by atoms with Crippen LogP contribution in [0.5, 0.6) is 5.75 Å². The molecule has 0 fully saturated rings. The third kappa shape index (κ3) is 2.14. The van der Waals surface area contributed by atoms with Crippen molar-refractivity contribution in [3.8, 4) is 11.8 Å².